The maximum Gasteiger partial charge on any atom is 0.259 e. The van der Waals surface area contributed by atoms with E-state index >= 15 is 0 Å². The number of nitrogens with zero attached hydrogens (tertiary/aromatic N) is 4. The van der Waals surface area contributed by atoms with Crippen molar-refractivity contribution in [3.05, 3.63) is 35.0 Å². The van der Waals surface area contributed by atoms with Crippen LogP contribution in [0.25, 0.3) is 0 Å². The van der Waals surface area contributed by atoms with Gasteiger partial charge in [0.25, 0.3) is 5.91 Å². The van der Waals surface area contributed by atoms with E-state index in [9.17, 15) is 4.79 Å². The summed E-state index contributed by atoms with van der Waals surface area (Å²) >= 11 is 0. The monoisotopic (exact) mass is 358 g/mol. The third kappa shape index (κ3) is 3.53. The zero-order chi connectivity index (χ0) is 18.1. The van der Waals surface area contributed by atoms with Crippen molar-refractivity contribution >= 4 is 5.91 Å². The molecule has 0 spiro atoms. The normalized spacial score (nSPS) is 20.1. The summed E-state index contributed by atoms with van der Waals surface area (Å²) in [6.07, 6.45) is 5.87. The highest BCUT2D eigenvalue weighted by Crippen LogP contribution is 2.30. The molecular weight excluding hydrogens is 332 g/mol. The molecule has 1 aliphatic carbocycles. The lowest BCUT2D eigenvalue weighted by atomic mass is 10.1. The molecule has 0 radical (unpaired) electrons. The van der Waals surface area contributed by atoms with Gasteiger partial charge in [0.05, 0.1) is 30.6 Å². The highest BCUT2D eigenvalue weighted by molar-refractivity contribution is 5.96. The van der Waals surface area contributed by atoms with E-state index in [1.165, 1.54) is 12.8 Å². The number of carbonyl (C=O) groups excluding carboxylic acids is 1. The van der Waals surface area contributed by atoms with Gasteiger partial charge in [-0.2, -0.15) is 5.10 Å². The summed E-state index contributed by atoms with van der Waals surface area (Å²) in [6, 6.07) is 1.97. The standard InChI is InChI=1S/C19H26N4O3/c1-3-4-17-18(13(2)21-26-17)19(24)22-9-15-7-8-20-23(15)11-16(10-22)25-12-14-5-6-14/h7-8,14,16H,3-6,9-12H2,1-2H3. The highest BCUT2D eigenvalue weighted by atomic mass is 16.5. The Morgan fingerprint density at radius 2 is 2.23 bits per heavy atom. The molecule has 1 fully saturated rings. The second-order valence-corrected chi connectivity index (χ2v) is 7.41. The third-order valence-corrected chi connectivity index (χ3v) is 5.13. The van der Waals surface area contributed by atoms with E-state index in [0.29, 0.717) is 42.6 Å². The fourth-order valence-corrected chi connectivity index (χ4v) is 3.48. The highest BCUT2D eigenvalue weighted by Gasteiger charge is 2.31. The van der Waals surface area contributed by atoms with Gasteiger partial charge in [0.1, 0.15) is 11.3 Å². The number of hydrogen-bond acceptors (Lipinski definition) is 5. The van der Waals surface area contributed by atoms with Gasteiger partial charge in [0.2, 0.25) is 0 Å². The van der Waals surface area contributed by atoms with Crippen molar-refractivity contribution in [2.75, 3.05) is 13.2 Å². The summed E-state index contributed by atoms with van der Waals surface area (Å²) in [5.74, 6) is 1.35. The maximum atomic E-state index is 13.3. The molecule has 7 heteroatoms. The molecule has 3 heterocycles. The Bertz CT molecular complexity index is 778. The van der Waals surface area contributed by atoms with Gasteiger partial charge in [-0.25, -0.2) is 0 Å². The minimum absolute atomic E-state index is 0.0260. The van der Waals surface area contributed by atoms with Gasteiger partial charge >= 0.3 is 0 Å². The molecular formula is C19H26N4O3. The van der Waals surface area contributed by atoms with Crippen molar-refractivity contribution in [3.63, 3.8) is 0 Å². The van der Waals surface area contributed by atoms with Gasteiger partial charge in [-0.3, -0.25) is 9.48 Å². The molecule has 2 aromatic heterocycles. The summed E-state index contributed by atoms with van der Waals surface area (Å²) in [5, 5.41) is 8.42. The average Bonchev–Trinajstić information content (AvgIpc) is 3.30. The Kier molecular flexibility index (Phi) is 4.80. The summed E-state index contributed by atoms with van der Waals surface area (Å²) in [4.78, 5) is 15.2. The zero-order valence-electron chi connectivity index (χ0n) is 15.5. The molecule has 1 aliphatic heterocycles. The van der Waals surface area contributed by atoms with Crippen LogP contribution in [0, 0.1) is 12.8 Å². The Morgan fingerprint density at radius 1 is 1.38 bits per heavy atom. The first-order valence-electron chi connectivity index (χ1n) is 9.52. The van der Waals surface area contributed by atoms with E-state index in [4.69, 9.17) is 9.26 Å². The van der Waals surface area contributed by atoms with Crippen molar-refractivity contribution in [1.82, 2.24) is 19.8 Å². The van der Waals surface area contributed by atoms with Gasteiger partial charge < -0.3 is 14.2 Å². The Morgan fingerprint density at radius 3 is 3.00 bits per heavy atom. The quantitative estimate of drug-likeness (QED) is 0.793. The van der Waals surface area contributed by atoms with Crippen LogP contribution in [0.5, 0.6) is 0 Å². The van der Waals surface area contributed by atoms with Gasteiger partial charge in [-0.05, 0) is 38.2 Å². The minimum atomic E-state index is -0.0458. The molecule has 0 aromatic carbocycles. The maximum absolute atomic E-state index is 13.3. The molecule has 140 valence electrons. The summed E-state index contributed by atoms with van der Waals surface area (Å²) in [7, 11) is 0. The molecule has 2 aromatic rings. The smallest absolute Gasteiger partial charge is 0.259 e. The van der Waals surface area contributed by atoms with Crippen molar-refractivity contribution in [1.29, 1.82) is 0 Å². The molecule has 26 heavy (non-hydrogen) atoms. The summed E-state index contributed by atoms with van der Waals surface area (Å²) < 4.78 is 13.5. The Hall–Kier alpha value is -2.15. The van der Waals surface area contributed by atoms with Crippen LogP contribution in [0.4, 0.5) is 0 Å². The van der Waals surface area contributed by atoms with Crippen molar-refractivity contribution in [3.8, 4) is 0 Å². The SMILES string of the molecule is CCCc1onc(C)c1C(=O)N1Cc2ccnn2CC(OCC2CC2)C1. The van der Waals surface area contributed by atoms with Crippen LogP contribution in [0.15, 0.2) is 16.8 Å². The molecule has 7 nitrogen and oxygen atoms in total. The lowest BCUT2D eigenvalue weighted by Gasteiger charge is -2.24. The van der Waals surface area contributed by atoms with Crippen LogP contribution in [-0.2, 0) is 24.2 Å². The van der Waals surface area contributed by atoms with E-state index < -0.39 is 0 Å². The number of ether oxygens (including phenoxy) is 1. The number of rotatable bonds is 6. The minimum Gasteiger partial charge on any atom is -0.374 e. The number of aryl methyl sites for hydroxylation is 2. The zero-order valence-corrected chi connectivity index (χ0v) is 15.5. The van der Waals surface area contributed by atoms with Gasteiger partial charge in [0, 0.05) is 25.8 Å². The van der Waals surface area contributed by atoms with Gasteiger partial charge in [0.15, 0.2) is 0 Å². The number of amides is 1. The number of aromatic nitrogens is 3. The van der Waals surface area contributed by atoms with Crippen LogP contribution < -0.4 is 0 Å². The van der Waals surface area contributed by atoms with Crippen molar-refractivity contribution in [2.45, 2.75) is 58.7 Å². The van der Waals surface area contributed by atoms with Crippen LogP contribution in [0.2, 0.25) is 0 Å². The van der Waals surface area contributed by atoms with E-state index in [-0.39, 0.29) is 12.0 Å². The predicted octanol–water partition coefficient (Wildman–Crippen LogP) is 2.58. The number of fused-ring (bicyclic) bond motifs is 1. The first-order chi connectivity index (χ1) is 12.7. The molecule has 1 amide bonds. The first-order valence-corrected chi connectivity index (χ1v) is 9.52. The molecule has 0 N–H and O–H groups in total. The van der Waals surface area contributed by atoms with Crippen LogP contribution >= 0.6 is 0 Å². The molecule has 4 rings (SSSR count). The van der Waals surface area contributed by atoms with E-state index in [2.05, 4.69) is 17.2 Å². The fourth-order valence-electron chi connectivity index (χ4n) is 3.48. The predicted molar refractivity (Wildman–Crippen MR) is 94.7 cm³/mol. The van der Waals surface area contributed by atoms with Crippen LogP contribution in [-0.4, -0.2) is 45.0 Å². The van der Waals surface area contributed by atoms with Crippen molar-refractivity contribution < 1.29 is 14.1 Å². The second-order valence-electron chi connectivity index (χ2n) is 7.41. The molecule has 2 aliphatic rings. The van der Waals surface area contributed by atoms with Gasteiger partial charge in [-0.15, -0.1) is 0 Å². The lowest BCUT2D eigenvalue weighted by Crippen LogP contribution is -2.38. The van der Waals surface area contributed by atoms with Gasteiger partial charge in [-0.1, -0.05) is 12.1 Å². The Balaban J connectivity index is 1.57. The second kappa shape index (κ2) is 7.23. The van der Waals surface area contributed by atoms with Crippen LogP contribution in [0.3, 0.4) is 0 Å². The molecule has 0 saturated heterocycles. The van der Waals surface area contributed by atoms with Crippen LogP contribution in [0.1, 0.15) is 53.7 Å². The molecule has 0 bridgehead atoms. The third-order valence-electron chi connectivity index (χ3n) is 5.13. The number of hydrogen-bond donors (Lipinski definition) is 0. The summed E-state index contributed by atoms with van der Waals surface area (Å²) in [5.41, 5.74) is 2.30. The topological polar surface area (TPSA) is 73.4 Å². The molecule has 1 unspecified atom stereocenters. The van der Waals surface area contributed by atoms with E-state index in [0.717, 1.165) is 25.1 Å². The lowest BCUT2D eigenvalue weighted by molar-refractivity contribution is 0.0136. The fraction of sp³-hybridized carbons (Fsp3) is 0.632. The largest absolute Gasteiger partial charge is 0.374 e. The van der Waals surface area contributed by atoms with E-state index in [1.54, 1.807) is 6.20 Å². The number of carbonyl (C=O) groups is 1. The summed E-state index contributed by atoms with van der Waals surface area (Å²) in [6.45, 7) is 6.45. The Labute approximate surface area is 153 Å². The van der Waals surface area contributed by atoms with E-state index in [1.807, 2.05) is 22.6 Å². The van der Waals surface area contributed by atoms with Crippen molar-refractivity contribution in [2.24, 2.45) is 5.92 Å². The molecule has 1 atom stereocenters. The average molecular weight is 358 g/mol. The first kappa shape index (κ1) is 17.3. The molecule has 1 saturated carbocycles.